The zero-order valence-electron chi connectivity index (χ0n) is 9.32. The molecule has 1 atom stereocenters. The second kappa shape index (κ2) is 4.77. The minimum absolute atomic E-state index is 0.485. The molecule has 4 nitrogen and oxygen atoms in total. The van der Waals surface area contributed by atoms with Gasteiger partial charge >= 0.3 is 0 Å². The van der Waals surface area contributed by atoms with Crippen molar-refractivity contribution in [2.75, 3.05) is 0 Å². The molecule has 0 aromatic carbocycles. The van der Waals surface area contributed by atoms with Crippen LogP contribution in [0.25, 0.3) is 0 Å². The van der Waals surface area contributed by atoms with Crippen LogP contribution >= 0.6 is 0 Å². The van der Waals surface area contributed by atoms with Crippen LogP contribution in [-0.2, 0) is 13.5 Å². The molecule has 15 heavy (non-hydrogen) atoms. The lowest BCUT2D eigenvalue weighted by molar-refractivity contribution is 0.221. The van der Waals surface area contributed by atoms with Gasteiger partial charge in [0, 0.05) is 19.3 Å². The molecule has 0 radical (unpaired) electrons. The van der Waals surface area contributed by atoms with Crippen LogP contribution in [-0.4, -0.2) is 15.8 Å². The first-order valence-electron chi connectivity index (χ1n) is 5.73. The normalized spacial score (nSPS) is 18.8. The highest BCUT2D eigenvalue weighted by molar-refractivity contribution is 5.04. The third kappa shape index (κ3) is 2.58. The zero-order chi connectivity index (χ0) is 10.7. The Balaban J connectivity index is 1.80. The molecule has 84 valence electrons. The van der Waals surface area contributed by atoms with E-state index in [2.05, 4.69) is 16.7 Å². The lowest BCUT2D eigenvalue weighted by atomic mass is 9.78. The van der Waals surface area contributed by atoms with E-state index in [0.717, 1.165) is 18.8 Å². The molecule has 1 unspecified atom stereocenters. The standard InChI is InChI=1S/C11H20N4/c1-15-8-9(7-13-15)5-6-11(14-12)10-3-2-4-10/h7-8,10-11,14H,2-6,12H2,1H3. The fraction of sp³-hybridized carbons (Fsp3) is 0.727. The first kappa shape index (κ1) is 10.6. The van der Waals surface area contributed by atoms with Gasteiger partial charge in [-0.2, -0.15) is 5.10 Å². The number of hydrogen-bond donors (Lipinski definition) is 2. The maximum Gasteiger partial charge on any atom is 0.0521 e. The molecular weight excluding hydrogens is 188 g/mol. The van der Waals surface area contributed by atoms with Crippen molar-refractivity contribution in [3.63, 3.8) is 0 Å². The van der Waals surface area contributed by atoms with Crippen molar-refractivity contribution in [3.8, 4) is 0 Å². The van der Waals surface area contributed by atoms with Gasteiger partial charge in [-0.3, -0.25) is 16.0 Å². The second-order valence-corrected chi connectivity index (χ2v) is 4.53. The highest BCUT2D eigenvalue weighted by Gasteiger charge is 2.25. The molecule has 3 N–H and O–H groups in total. The van der Waals surface area contributed by atoms with Crippen molar-refractivity contribution in [1.29, 1.82) is 0 Å². The fourth-order valence-electron chi connectivity index (χ4n) is 2.22. The minimum atomic E-state index is 0.485. The van der Waals surface area contributed by atoms with E-state index < -0.39 is 0 Å². The predicted octanol–water partition coefficient (Wildman–Crippen LogP) is 0.985. The maximum atomic E-state index is 5.58. The van der Waals surface area contributed by atoms with Crippen LogP contribution in [0.1, 0.15) is 31.2 Å². The molecule has 0 bridgehead atoms. The Labute approximate surface area is 90.8 Å². The van der Waals surface area contributed by atoms with Crippen molar-refractivity contribution >= 4 is 0 Å². The quantitative estimate of drug-likeness (QED) is 0.560. The molecule has 1 aromatic heterocycles. The van der Waals surface area contributed by atoms with E-state index in [9.17, 15) is 0 Å². The van der Waals surface area contributed by atoms with Crippen molar-refractivity contribution < 1.29 is 0 Å². The Kier molecular flexibility index (Phi) is 3.38. The van der Waals surface area contributed by atoms with Gasteiger partial charge in [0.1, 0.15) is 0 Å². The Bertz CT molecular complexity index is 303. The zero-order valence-corrected chi connectivity index (χ0v) is 9.32. The Morgan fingerprint density at radius 3 is 2.93 bits per heavy atom. The Morgan fingerprint density at radius 2 is 2.47 bits per heavy atom. The Morgan fingerprint density at radius 1 is 1.67 bits per heavy atom. The largest absolute Gasteiger partial charge is 0.276 e. The third-order valence-corrected chi connectivity index (χ3v) is 3.44. The van der Waals surface area contributed by atoms with Crippen molar-refractivity contribution in [3.05, 3.63) is 18.0 Å². The van der Waals surface area contributed by atoms with Crippen molar-refractivity contribution in [2.24, 2.45) is 18.8 Å². The van der Waals surface area contributed by atoms with Gasteiger partial charge in [0.2, 0.25) is 0 Å². The summed E-state index contributed by atoms with van der Waals surface area (Å²) in [6.45, 7) is 0. The fourth-order valence-corrected chi connectivity index (χ4v) is 2.22. The number of aryl methyl sites for hydroxylation is 2. The lowest BCUT2D eigenvalue weighted by Crippen LogP contribution is -2.43. The van der Waals surface area contributed by atoms with Crippen molar-refractivity contribution in [2.45, 2.75) is 38.1 Å². The van der Waals surface area contributed by atoms with Gasteiger partial charge in [0.25, 0.3) is 0 Å². The van der Waals surface area contributed by atoms with Crippen LogP contribution in [0.4, 0.5) is 0 Å². The van der Waals surface area contributed by atoms with Crippen LogP contribution in [0, 0.1) is 5.92 Å². The number of aromatic nitrogens is 2. The van der Waals surface area contributed by atoms with Crippen LogP contribution in [0.3, 0.4) is 0 Å². The van der Waals surface area contributed by atoms with Gasteiger partial charge < -0.3 is 0 Å². The molecule has 4 heteroatoms. The summed E-state index contributed by atoms with van der Waals surface area (Å²) in [6, 6.07) is 0.485. The smallest absolute Gasteiger partial charge is 0.0521 e. The van der Waals surface area contributed by atoms with E-state index in [1.807, 2.05) is 17.9 Å². The van der Waals surface area contributed by atoms with E-state index in [0.29, 0.717) is 6.04 Å². The average Bonchev–Trinajstić information content (AvgIpc) is 2.55. The van der Waals surface area contributed by atoms with E-state index in [1.165, 1.54) is 24.8 Å². The highest BCUT2D eigenvalue weighted by atomic mass is 15.2. The van der Waals surface area contributed by atoms with E-state index in [-0.39, 0.29) is 0 Å². The molecule has 0 spiro atoms. The minimum Gasteiger partial charge on any atom is -0.276 e. The van der Waals surface area contributed by atoms with Gasteiger partial charge in [-0.05, 0) is 37.2 Å². The number of hydrogen-bond acceptors (Lipinski definition) is 3. The van der Waals surface area contributed by atoms with Gasteiger partial charge in [-0.15, -0.1) is 0 Å². The van der Waals surface area contributed by atoms with Gasteiger partial charge in [0.15, 0.2) is 0 Å². The second-order valence-electron chi connectivity index (χ2n) is 4.53. The van der Waals surface area contributed by atoms with Gasteiger partial charge in [-0.1, -0.05) is 6.42 Å². The summed E-state index contributed by atoms with van der Waals surface area (Å²) >= 11 is 0. The van der Waals surface area contributed by atoms with Crippen LogP contribution < -0.4 is 11.3 Å². The third-order valence-electron chi connectivity index (χ3n) is 3.44. The summed E-state index contributed by atoms with van der Waals surface area (Å²) < 4.78 is 1.85. The highest BCUT2D eigenvalue weighted by Crippen LogP contribution is 2.31. The summed E-state index contributed by atoms with van der Waals surface area (Å²) in [5, 5.41) is 4.16. The molecule has 0 aliphatic heterocycles. The Hall–Kier alpha value is -0.870. The monoisotopic (exact) mass is 208 g/mol. The van der Waals surface area contributed by atoms with E-state index >= 15 is 0 Å². The van der Waals surface area contributed by atoms with Crippen LogP contribution in [0.2, 0.25) is 0 Å². The first-order valence-corrected chi connectivity index (χ1v) is 5.73. The number of hydrazine groups is 1. The molecule has 1 saturated carbocycles. The number of rotatable bonds is 5. The molecule has 0 saturated heterocycles. The summed E-state index contributed by atoms with van der Waals surface area (Å²) in [4.78, 5) is 0. The summed E-state index contributed by atoms with van der Waals surface area (Å²) in [5.41, 5.74) is 4.26. The number of nitrogens with two attached hydrogens (primary N) is 1. The topological polar surface area (TPSA) is 55.9 Å². The maximum absolute atomic E-state index is 5.58. The molecule has 1 fully saturated rings. The predicted molar refractivity (Wildman–Crippen MR) is 60.0 cm³/mol. The van der Waals surface area contributed by atoms with E-state index in [1.54, 1.807) is 0 Å². The molecule has 1 aromatic rings. The average molecular weight is 208 g/mol. The summed E-state index contributed by atoms with van der Waals surface area (Å²) in [6.07, 6.45) is 10.2. The van der Waals surface area contributed by atoms with Gasteiger partial charge in [0.05, 0.1) is 6.20 Å². The molecule has 1 aliphatic rings. The van der Waals surface area contributed by atoms with Crippen LogP contribution in [0.5, 0.6) is 0 Å². The summed E-state index contributed by atoms with van der Waals surface area (Å²) in [5.74, 6) is 6.38. The number of nitrogens with zero attached hydrogens (tertiary/aromatic N) is 2. The molecule has 1 aliphatic carbocycles. The van der Waals surface area contributed by atoms with Crippen LogP contribution in [0.15, 0.2) is 12.4 Å². The molecular formula is C11H20N4. The molecule has 1 heterocycles. The number of nitrogens with one attached hydrogen (secondary N) is 1. The first-order chi connectivity index (χ1) is 7.29. The lowest BCUT2D eigenvalue weighted by Gasteiger charge is -2.33. The molecule has 0 amide bonds. The van der Waals surface area contributed by atoms with Gasteiger partial charge in [-0.25, -0.2) is 0 Å². The van der Waals surface area contributed by atoms with Crippen molar-refractivity contribution in [1.82, 2.24) is 15.2 Å². The molecule has 2 rings (SSSR count). The summed E-state index contributed by atoms with van der Waals surface area (Å²) in [7, 11) is 1.95. The van der Waals surface area contributed by atoms with E-state index in [4.69, 9.17) is 5.84 Å². The SMILES string of the molecule is Cn1cc(CCC(NN)C2CCC2)cn1.